The van der Waals surface area contributed by atoms with Gasteiger partial charge in [-0.05, 0) is 38.0 Å². The third-order valence-electron chi connectivity index (χ3n) is 3.60. The summed E-state index contributed by atoms with van der Waals surface area (Å²) in [5, 5.41) is 3.68. The topological polar surface area (TPSA) is 12.0 Å². The molecule has 1 heteroatoms. The summed E-state index contributed by atoms with van der Waals surface area (Å²) in [5.41, 5.74) is 0.614. The molecule has 2 unspecified atom stereocenters. The summed E-state index contributed by atoms with van der Waals surface area (Å²) in [4.78, 5) is 0. The van der Waals surface area contributed by atoms with Gasteiger partial charge in [-0.1, -0.05) is 20.8 Å². The Hall–Kier alpha value is -0.0400. The highest BCUT2D eigenvalue weighted by molar-refractivity contribution is 4.97. The highest BCUT2D eigenvalue weighted by atomic mass is 15.0. The molecule has 1 saturated carbocycles. The summed E-state index contributed by atoms with van der Waals surface area (Å²) >= 11 is 0. The molecular formula is C11H23N. The second-order valence-electron chi connectivity index (χ2n) is 5.08. The molecule has 1 fully saturated rings. The highest BCUT2D eigenvalue weighted by Gasteiger charge is 2.42. The first-order valence-corrected chi connectivity index (χ1v) is 5.22. The minimum Gasteiger partial charge on any atom is -0.311 e. The molecule has 0 bridgehead atoms. The minimum atomic E-state index is 0.614. The van der Waals surface area contributed by atoms with Crippen molar-refractivity contribution in [3.05, 3.63) is 0 Å². The normalized spacial score (nSPS) is 25.5. The van der Waals surface area contributed by atoms with Gasteiger partial charge in [0.05, 0.1) is 0 Å². The van der Waals surface area contributed by atoms with E-state index in [1.807, 2.05) is 0 Å². The van der Waals surface area contributed by atoms with Crippen LogP contribution in [-0.4, -0.2) is 12.1 Å². The van der Waals surface area contributed by atoms with E-state index in [4.69, 9.17) is 0 Å². The molecular weight excluding hydrogens is 146 g/mol. The van der Waals surface area contributed by atoms with Gasteiger partial charge in [0.2, 0.25) is 0 Å². The Morgan fingerprint density at radius 2 is 1.58 bits per heavy atom. The molecule has 1 aliphatic rings. The lowest BCUT2D eigenvalue weighted by Gasteiger charge is -2.27. The number of hydrogen-bond acceptors (Lipinski definition) is 1. The molecule has 0 aromatic heterocycles. The molecule has 0 spiro atoms. The van der Waals surface area contributed by atoms with Gasteiger partial charge in [0.1, 0.15) is 0 Å². The zero-order valence-corrected chi connectivity index (χ0v) is 9.15. The molecule has 1 N–H and O–H groups in total. The van der Waals surface area contributed by atoms with Gasteiger partial charge < -0.3 is 5.32 Å². The van der Waals surface area contributed by atoms with Crippen molar-refractivity contribution in [3.8, 4) is 0 Å². The molecule has 12 heavy (non-hydrogen) atoms. The van der Waals surface area contributed by atoms with Crippen LogP contribution in [0.15, 0.2) is 0 Å². The van der Waals surface area contributed by atoms with Crippen LogP contribution in [0.3, 0.4) is 0 Å². The molecule has 2 atom stereocenters. The van der Waals surface area contributed by atoms with Gasteiger partial charge in [0, 0.05) is 12.1 Å². The van der Waals surface area contributed by atoms with Crippen molar-refractivity contribution in [1.29, 1.82) is 0 Å². The standard InChI is InChI=1S/C11H23N/c1-8(2)9(3)12-10(4)11(5)6-7-11/h8-10,12H,6-7H2,1-5H3. The van der Waals surface area contributed by atoms with Crippen molar-refractivity contribution in [2.45, 2.75) is 59.5 Å². The second-order valence-corrected chi connectivity index (χ2v) is 5.08. The Kier molecular flexibility index (Phi) is 2.82. The van der Waals surface area contributed by atoms with Gasteiger partial charge in [0.25, 0.3) is 0 Å². The van der Waals surface area contributed by atoms with Crippen molar-refractivity contribution < 1.29 is 0 Å². The van der Waals surface area contributed by atoms with E-state index in [9.17, 15) is 0 Å². The van der Waals surface area contributed by atoms with E-state index in [1.165, 1.54) is 12.8 Å². The Morgan fingerprint density at radius 3 is 1.92 bits per heavy atom. The fourth-order valence-electron chi connectivity index (χ4n) is 1.42. The van der Waals surface area contributed by atoms with E-state index in [0.29, 0.717) is 17.5 Å². The largest absolute Gasteiger partial charge is 0.311 e. The molecule has 0 heterocycles. The Morgan fingerprint density at radius 1 is 1.08 bits per heavy atom. The lowest BCUT2D eigenvalue weighted by Crippen LogP contribution is -2.41. The molecule has 1 aliphatic carbocycles. The van der Waals surface area contributed by atoms with Crippen LogP contribution in [0.25, 0.3) is 0 Å². The summed E-state index contributed by atoms with van der Waals surface area (Å²) in [6.45, 7) is 11.6. The monoisotopic (exact) mass is 169 g/mol. The van der Waals surface area contributed by atoms with Gasteiger partial charge in [-0.2, -0.15) is 0 Å². The Bertz CT molecular complexity index is 147. The van der Waals surface area contributed by atoms with Crippen LogP contribution in [0.2, 0.25) is 0 Å². The van der Waals surface area contributed by atoms with Crippen LogP contribution in [0.1, 0.15) is 47.5 Å². The van der Waals surface area contributed by atoms with E-state index in [2.05, 4.69) is 39.9 Å². The van der Waals surface area contributed by atoms with E-state index >= 15 is 0 Å². The maximum Gasteiger partial charge on any atom is 0.00951 e. The quantitative estimate of drug-likeness (QED) is 0.682. The fourth-order valence-corrected chi connectivity index (χ4v) is 1.42. The van der Waals surface area contributed by atoms with Gasteiger partial charge in [0.15, 0.2) is 0 Å². The van der Waals surface area contributed by atoms with E-state index in [-0.39, 0.29) is 0 Å². The van der Waals surface area contributed by atoms with Crippen LogP contribution in [0.5, 0.6) is 0 Å². The number of rotatable bonds is 4. The Balaban J connectivity index is 2.30. The lowest BCUT2D eigenvalue weighted by atomic mass is 9.97. The van der Waals surface area contributed by atoms with Gasteiger partial charge in [-0.3, -0.25) is 0 Å². The molecule has 1 nitrogen and oxygen atoms in total. The predicted octanol–water partition coefficient (Wildman–Crippen LogP) is 2.81. The molecule has 0 aliphatic heterocycles. The first-order chi connectivity index (χ1) is 5.46. The zero-order valence-electron chi connectivity index (χ0n) is 9.15. The van der Waals surface area contributed by atoms with Crippen molar-refractivity contribution in [2.75, 3.05) is 0 Å². The third-order valence-corrected chi connectivity index (χ3v) is 3.60. The minimum absolute atomic E-state index is 0.614. The molecule has 1 rings (SSSR count). The lowest BCUT2D eigenvalue weighted by molar-refractivity contribution is 0.309. The van der Waals surface area contributed by atoms with Crippen LogP contribution in [0.4, 0.5) is 0 Å². The summed E-state index contributed by atoms with van der Waals surface area (Å²) in [5.74, 6) is 0.745. The first kappa shape index (κ1) is 10.0. The maximum absolute atomic E-state index is 3.68. The van der Waals surface area contributed by atoms with Crippen molar-refractivity contribution >= 4 is 0 Å². The second kappa shape index (κ2) is 3.37. The molecule has 72 valence electrons. The molecule has 0 radical (unpaired) electrons. The zero-order chi connectivity index (χ0) is 9.35. The molecule has 0 amide bonds. The average Bonchev–Trinajstić information content (AvgIpc) is 2.69. The van der Waals surface area contributed by atoms with Gasteiger partial charge in [-0.15, -0.1) is 0 Å². The van der Waals surface area contributed by atoms with E-state index < -0.39 is 0 Å². The first-order valence-electron chi connectivity index (χ1n) is 5.22. The van der Waals surface area contributed by atoms with Gasteiger partial charge in [-0.25, -0.2) is 0 Å². The van der Waals surface area contributed by atoms with E-state index in [0.717, 1.165) is 5.92 Å². The summed E-state index contributed by atoms with van der Waals surface area (Å²) in [6.07, 6.45) is 2.82. The fraction of sp³-hybridized carbons (Fsp3) is 1.00. The van der Waals surface area contributed by atoms with Crippen LogP contribution < -0.4 is 5.32 Å². The summed E-state index contributed by atoms with van der Waals surface area (Å²) < 4.78 is 0. The SMILES string of the molecule is CC(C)C(C)NC(C)C1(C)CC1. The third kappa shape index (κ3) is 2.22. The highest BCUT2D eigenvalue weighted by Crippen LogP contribution is 2.48. The van der Waals surface area contributed by atoms with Crippen LogP contribution in [0, 0.1) is 11.3 Å². The summed E-state index contributed by atoms with van der Waals surface area (Å²) in [7, 11) is 0. The van der Waals surface area contributed by atoms with Gasteiger partial charge >= 0.3 is 0 Å². The number of nitrogens with one attached hydrogen (secondary N) is 1. The van der Waals surface area contributed by atoms with E-state index in [1.54, 1.807) is 0 Å². The van der Waals surface area contributed by atoms with Crippen molar-refractivity contribution in [3.63, 3.8) is 0 Å². The van der Waals surface area contributed by atoms with Crippen molar-refractivity contribution in [1.82, 2.24) is 5.32 Å². The molecule has 0 saturated heterocycles. The van der Waals surface area contributed by atoms with Crippen LogP contribution >= 0.6 is 0 Å². The number of hydrogen-bond donors (Lipinski definition) is 1. The summed E-state index contributed by atoms with van der Waals surface area (Å²) in [6, 6.07) is 1.34. The Labute approximate surface area is 76.9 Å². The molecule has 0 aromatic carbocycles. The molecule has 0 aromatic rings. The predicted molar refractivity (Wildman–Crippen MR) is 54.2 cm³/mol. The maximum atomic E-state index is 3.68. The average molecular weight is 169 g/mol. The van der Waals surface area contributed by atoms with Crippen LogP contribution in [-0.2, 0) is 0 Å². The van der Waals surface area contributed by atoms with Crippen molar-refractivity contribution in [2.24, 2.45) is 11.3 Å². The smallest absolute Gasteiger partial charge is 0.00951 e.